The smallest absolute Gasteiger partial charge is 0.0945 e. The zero-order valence-corrected chi connectivity index (χ0v) is 16.4. The average molecular weight is 395 g/mol. The van der Waals surface area contributed by atoms with E-state index in [1.165, 1.54) is 16.3 Å². The Balaban J connectivity index is 1.83. The van der Waals surface area contributed by atoms with Gasteiger partial charge in [-0.15, -0.1) is 16.9 Å². The molecule has 0 radical (unpaired) electrons. The number of hydrogen-bond acceptors (Lipinski definition) is 5. The summed E-state index contributed by atoms with van der Waals surface area (Å²) in [6.45, 7) is 8.53. The third-order valence-electron chi connectivity index (χ3n) is 3.66. The van der Waals surface area contributed by atoms with E-state index in [1.807, 2.05) is 0 Å². The van der Waals surface area contributed by atoms with Crippen molar-refractivity contribution in [3.05, 3.63) is 39.0 Å². The van der Waals surface area contributed by atoms with E-state index in [0.717, 1.165) is 23.2 Å². The summed E-state index contributed by atoms with van der Waals surface area (Å²) in [6.07, 6.45) is 0. The summed E-state index contributed by atoms with van der Waals surface area (Å²) >= 11 is 5.55. The van der Waals surface area contributed by atoms with Crippen LogP contribution in [0.4, 0.5) is 17.1 Å². The number of nitrogens with zero attached hydrogens (tertiary/aromatic N) is 2. The standard InChI is InChI=1S/C17H23BrN4S/c1-17(2,3)11-22-14-8-7-13(15(18)16(14)21(4)20-22)19-10-12-6-5-9-23-12/h5-9,19-20H,10-11H2,1-4H3. The lowest BCUT2D eigenvalue weighted by Gasteiger charge is -2.28. The fourth-order valence-corrected chi connectivity index (χ4v) is 4.09. The molecule has 1 aromatic heterocycles. The molecule has 1 aliphatic rings. The van der Waals surface area contributed by atoms with E-state index >= 15 is 0 Å². The summed E-state index contributed by atoms with van der Waals surface area (Å²) in [5.41, 5.74) is 7.14. The van der Waals surface area contributed by atoms with Gasteiger partial charge < -0.3 is 5.32 Å². The summed E-state index contributed by atoms with van der Waals surface area (Å²) in [5, 5.41) is 9.91. The largest absolute Gasteiger partial charge is 0.379 e. The van der Waals surface area contributed by atoms with Crippen LogP contribution in [0.25, 0.3) is 0 Å². The van der Waals surface area contributed by atoms with Crippen LogP contribution in [0.15, 0.2) is 34.1 Å². The quantitative estimate of drug-likeness (QED) is 0.775. The molecule has 0 atom stereocenters. The monoisotopic (exact) mass is 394 g/mol. The first-order chi connectivity index (χ1) is 10.8. The van der Waals surface area contributed by atoms with Gasteiger partial charge in [-0.3, -0.25) is 10.0 Å². The molecular formula is C17H23BrN4S. The highest BCUT2D eigenvalue weighted by Gasteiger charge is 2.29. The molecule has 0 amide bonds. The number of benzene rings is 1. The van der Waals surface area contributed by atoms with Gasteiger partial charge in [-0.05, 0) is 44.9 Å². The van der Waals surface area contributed by atoms with Gasteiger partial charge in [0.25, 0.3) is 0 Å². The van der Waals surface area contributed by atoms with Crippen LogP contribution in [-0.4, -0.2) is 13.6 Å². The van der Waals surface area contributed by atoms with Crippen molar-refractivity contribution in [2.75, 3.05) is 28.9 Å². The molecule has 124 valence electrons. The molecular weight excluding hydrogens is 372 g/mol. The SMILES string of the molecule is CN1NN(CC(C)(C)C)c2ccc(NCc3cccs3)c(Br)c21. The molecule has 0 saturated carbocycles. The molecule has 4 nitrogen and oxygen atoms in total. The molecule has 0 saturated heterocycles. The van der Waals surface area contributed by atoms with E-state index < -0.39 is 0 Å². The van der Waals surface area contributed by atoms with Crippen molar-refractivity contribution in [3.8, 4) is 0 Å². The molecule has 23 heavy (non-hydrogen) atoms. The van der Waals surface area contributed by atoms with E-state index in [1.54, 1.807) is 11.3 Å². The van der Waals surface area contributed by atoms with Crippen LogP contribution >= 0.6 is 27.3 Å². The van der Waals surface area contributed by atoms with E-state index in [9.17, 15) is 0 Å². The van der Waals surface area contributed by atoms with Gasteiger partial charge in [0.15, 0.2) is 0 Å². The van der Waals surface area contributed by atoms with Crippen molar-refractivity contribution in [1.82, 2.24) is 5.53 Å². The number of halogens is 1. The minimum Gasteiger partial charge on any atom is -0.379 e. The van der Waals surface area contributed by atoms with Gasteiger partial charge in [-0.2, -0.15) is 0 Å². The molecule has 0 fully saturated rings. The van der Waals surface area contributed by atoms with Crippen LogP contribution in [0, 0.1) is 5.41 Å². The minimum atomic E-state index is 0.220. The van der Waals surface area contributed by atoms with E-state index in [-0.39, 0.29) is 5.41 Å². The molecule has 0 unspecified atom stereocenters. The number of thiophene rings is 1. The fourth-order valence-electron chi connectivity index (χ4n) is 2.70. The number of hydrogen-bond donors (Lipinski definition) is 2. The van der Waals surface area contributed by atoms with Gasteiger partial charge in [-0.1, -0.05) is 26.8 Å². The number of nitrogens with one attached hydrogen (secondary N) is 2. The molecule has 6 heteroatoms. The van der Waals surface area contributed by atoms with Gasteiger partial charge in [0, 0.05) is 25.0 Å². The van der Waals surface area contributed by atoms with Crippen LogP contribution < -0.4 is 20.9 Å². The second kappa shape index (κ2) is 6.34. The van der Waals surface area contributed by atoms with Gasteiger partial charge in [0.2, 0.25) is 0 Å². The Morgan fingerprint density at radius 2 is 2.04 bits per heavy atom. The van der Waals surface area contributed by atoms with Crippen molar-refractivity contribution < 1.29 is 0 Å². The number of anilines is 3. The Hall–Kier alpha value is -1.24. The lowest BCUT2D eigenvalue weighted by molar-refractivity contribution is 0.394. The van der Waals surface area contributed by atoms with Crippen LogP contribution in [-0.2, 0) is 6.54 Å². The molecule has 2 aromatic rings. The molecule has 0 bridgehead atoms. The highest BCUT2D eigenvalue weighted by Crippen LogP contribution is 2.43. The maximum absolute atomic E-state index is 3.78. The van der Waals surface area contributed by atoms with Crippen LogP contribution in [0.1, 0.15) is 25.6 Å². The summed E-state index contributed by atoms with van der Waals surface area (Å²) in [6, 6.07) is 8.56. The predicted molar refractivity (Wildman–Crippen MR) is 104 cm³/mol. The lowest BCUT2D eigenvalue weighted by atomic mass is 9.96. The second-order valence-electron chi connectivity index (χ2n) is 7.03. The number of fused-ring (bicyclic) bond motifs is 1. The third-order valence-corrected chi connectivity index (χ3v) is 5.34. The molecule has 2 N–H and O–H groups in total. The fraction of sp³-hybridized carbons (Fsp3) is 0.412. The topological polar surface area (TPSA) is 30.5 Å². The van der Waals surface area contributed by atoms with Gasteiger partial charge in [-0.25, -0.2) is 0 Å². The van der Waals surface area contributed by atoms with Crippen LogP contribution in [0.3, 0.4) is 0 Å². The zero-order chi connectivity index (χ0) is 16.6. The predicted octanol–water partition coefficient (Wildman–Crippen LogP) is 4.84. The molecule has 1 aromatic carbocycles. The highest BCUT2D eigenvalue weighted by molar-refractivity contribution is 9.10. The summed E-state index contributed by atoms with van der Waals surface area (Å²) < 4.78 is 1.10. The Labute approximate surface area is 150 Å². The first kappa shape index (κ1) is 16.6. The molecule has 3 rings (SSSR count). The summed E-state index contributed by atoms with van der Waals surface area (Å²) in [7, 11) is 2.05. The van der Waals surface area contributed by atoms with Crippen LogP contribution in [0.2, 0.25) is 0 Å². The van der Waals surface area contributed by atoms with Gasteiger partial charge >= 0.3 is 0 Å². The molecule has 1 aliphatic heterocycles. The first-order valence-corrected chi connectivity index (χ1v) is 9.39. The van der Waals surface area contributed by atoms with Gasteiger partial charge in [0.05, 0.1) is 21.5 Å². The lowest BCUT2D eigenvalue weighted by Crippen LogP contribution is -2.45. The normalized spacial score (nSPS) is 14.3. The minimum absolute atomic E-state index is 0.220. The second-order valence-corrected chi connectivity index (χ2v) is 8.86. The van der Waals surface area contributed by atoms with E-state index in [0.29, 0.717) is 0 Å². The average Bonchev–Trinajstić information content (AvgIpc) is 3.05. The highest BCUT2D eigenvalue weighted by atomic mass is 79.9. The van der Waals surface area contributed by atoms with Crippen molar-refractivity contribution in [2.24, 2.45) is 5.41 Å². The molecule has 0 aliphatic carbocycles. The van der Waals surface area contributed by atoms with Gasteiger partial charge in [0.1, 0.15) is 0 Å². The van der Waals surface area contributed by atoms with Crippen molar-refractivity contribution in [1.29, 1.82) is 0 Å². The van der Waals surface area contributed by atoms with Crippen molar-refractivity contribution in [2.45, 2.75) is 27.3 Å². The van der Waals surface area contributed by atoms with Crippen molar-refractivity contribution in [3.63, 3.8) is 0 Å². The van der Waals surface area contributed by atoms with E-state index in [4.69, 9.17) is 0 Å². The Morgan fingerprint density at radius 3 is 2.70 bits per heavy atom. The van der Waals surface area contributed by atoms with E-state index in [2.05, 4.69) is 94.3 Å². The zero-order valence-electron chi connectivity index (χ0n) is 14.0. The van der Waals surface area contributed by atoms with Crippen molar-refractivity contribution >= 4 is 44.3 Å². The first-order valence-electron chi connectivity index (χ1n) is 7.71. The maximum Gasteiger partial charge on any atom is 0.0945 e. The Morgan fingerprint density at radius 1 is 1.26 bits per heavy atom. The Bertz CT molecular complexity index is 679. The number of hydrazine groups is 2. The Kier molecular flexibility index (Phi) is 4.58. The molecule has 0 spiro atoms. The van der Waals surface area contributed by atoms with Crippen LogP contribution in [0.5, 0.6) is 0 Å². The third kappa shape index (κ3) is 3.65. The summed E-state index contributed by atoms with van der Waals surface area (Å²) in [4.78, 5) is 1.33. The maximum atomic E-state index is 3.78. The molecule has 2 heterocycles. The summed E-state index contributed by atoms with van der Waals surface area (Å²) in [5.74, 6) is 0. The number of rotatable bonds is 4.